The molecule has 1 amide bonds. The van der Waals surface area contributed by atoms with Crippen molar-refractivity contribution >= 4 is 38.1 Å². The van der Waals surface area contributed by atoms with E-state index in [0.29, 0.717) is 11.4 Å². The summed E-state index contributed by atoms with van der Waals surface area (Å²) in [5.74, 6) is -0.368. The summed E-state index contributed by atoms with van der Waals surface area (Å²) in [6.45, 7) is 1.60. The van der Waals surface area contributed by atoms with Gasteiger partial charge < -0.3 is 5.32 Å². The molecule has 0 bridgehead atoms. The number of rotatable bonds is 5. The molecule has 0 saturated heterocycles. The number of sulfonamides is 1. The Morgan fingerprint density at radius 3 is 2.32 bits per heavy atom. The highest BCUT2D eigenvalue weighted by molar-refractivity contribution is 7.92. The zero-order valence-electron chi connectivity index (χ0n) is 15.8. The normalized spacial score (nSPS) is 14.1. The SMILES string of the molecule is C[C@H](C(=O)Nc1ccc2c3c(cccc13)CC2)N(c1ccccc1)S(C)(=O)=O. The van der Waals surface area contributed by atoms with E-state index < -0.39 is 16.1 Å². The van der Waals surface area contributed by atoms with E-state index in [4.69, 9.17) is 0 Å². The van der Waals surface area contributed by atoms with Gasteiger partial charge in [-0.2, -0.15) is 0 Å². The van der Waals surface area contributed by atoms with Crippen molar-refractivity contribution in [2.24, 2.45) is 0 Å². The third kappa shape index (κ3) is 3.24. The van der Waals surface area contributed by atoms with Crippen LogP contribution in [0.1, 0.15) is 18.1 Å². The first-order chi connectivity index (χ1) is 13.4. The van der Waals surface area contributed by atoms with Crippen molar-refractivity contribution in [1.82, 2.24) is 0 Å². The predicted molar refractivity (Wildman–Crippen MR) is 113 cm³/mol. The number of hydrogen-bond acceptors (Lipinski definition) is 3. The minimum absolute atomic E-state index is 0.368. The van der Waals surface area contributed by atoms with Gasteiger partial charge >= 0.3 is 0 Å². The molecule has 0 aromatic heterocycles. The van der Waals surface area contributed by atoms with Crippen LogP contribution in [0.3, 0.4) is 0 Å². The Bertz CT molecular complexity index is 1150. The first-order valence-corrected chi connectivity index (χ1v) is 11.1. The summed E-state index contributed by atoms with van der Waals surface area (Å²) >= 11 is 0. The van der Waals surface area contributed by atoms with Crippen molar-refractivity contribution in [1.29, 1.82) is 0 Å². The maximum atomic E-state index is 13.0. The van der Waals surface area contributed by atoms with Crippen LogP contribution in [-0.2, 0) is 27.7 Å². The highest BCUT2D eigenvalue weighted by Crippen LogP contribution is 2.35. The van der Waals surface area contributed by atoms with E-state index in [1.54, 1.807) is 37.3 Å². The average Bonchev–Trinajstić information content (AvgIpc) is 3.08. The lowest BCUT2D eigenvalue weighted by molar-refractivity contribution is -0.116. The fourth-order valence-corrected chi connectivity index (χ4v) is 5.15. The van der Waals surface area contributed by atoms with Gasteiger partial charge in [0.15, 0.2) is 0 Å². The quantitative estimate of drug-likeness (QED) is 0.717. The summed E-state index contributed by atoms with van der Waals surface area (Å²) < 4.78 is 25.9. The fourth-order valence-electron chi connectivity index (χ4n) is 3.98. The van der Waals surface area contributed by atoms with Gasteiger partial charge in [0.2, 0.25) is 15.9 Å². The summed E-state index contributed by atoms with van der Waals surface area (Å²) in [6, 6.07) is 17.9. The van der Waals surface area contributed by atoms with Crippen LogP contribution in [0.5, 0.6) is 0 Å². The Kier molecular flexibility index (Phi) is 4.59. The molecule has 1 aliphatic rings. The number of hydrogen-bond donors (Lipinski definition) is 1. The number of carbonyl (C=O) groups excluding carboxylic acids is 1. The molecule has 0 saturated carbocycles. The summed E-state index contributed by atoms with van der Waals surface area (Å²) in [5.41, 5.74) is 3.76. The number of anilines is 2. The topological polar surface area (TPSA) is 66.5 Å². The molecule has 1 atom stereocenters. The van der Waals surface area contributed by atoms with Gasteiger partial charge in [0.1, 0.15) is 6.04 Å². The van der Waals surface area contributed by atoms with Gasteiger partial charge in [-0.25, -0.2) is 8.42 Å². The second kappa shape index (κ2) is 6.95. The molecule has 0 spiro atoms. The molecule has 0 radical (unpaired) electrons. The van der Waals surface area contributed by atoms with E-state index in [-0.39, 0.29) is 5.91 Å². The average molecular weight is 394 g/mol. The lowest BCUT2D eigenvalue weighted by atomic mass is 10.0. The molecule has 144 valence electrons. The molecule has 4 rings (SSSR count). The smallest absolute Gasteiger partial charge is 0.248 e. The second-order valence-corrected chi connectivity index (χ2v) is 9.03. The Labute approximate surface area is 165 Å². The van der Waals surface area contributed by atoms with E-state index >= 15 is 0 Å². The molecular weight excluding hydrogens is 372 g/mol. The molecule has 5 nitrogen and oxygen atoms in total. The van der Waals surface area contributed by atoms with Crippen LogP contribution >= 0.6 is 0 Å². The van der Waals surface area contributed by atoms with Crippen molar-refractivity contribution in [2.45, 2.75) is 25.8 Å². The first kappa shape index (κ1) is 18.5. The Hall–Kier alpha value is -2.86. The third-order valence-electron chi connectivity index (χ3n) is 5.23. The van der Waals surface area contributed by atoms with Gasteiger partial charge in [0, 0.05) is 11.1 Å². The summed E-state index contributed by atoms with van der Waals surface area (Å²) in [7, 11) is -3.63. The highest BCUT2D eigenvalue weighted by atomic mass is 32.2. The van der Waals surface area contributed by atoms with E-state index in [9.17, 15) is 13.2 Å². The predicted octanol–water partition coefficient (Wildman–Crippen LogP) is 3.73. The summed E-state index contributed by atoms with van der Waals surface area (Å²) in [5, 5.41) is 5.15. The largest absolute Gasteiger partial charge is 0.324 e. The van der Waals surface area contributed by atoms with Gasteiger partial charge in [-0.3, -0.25) is 9.10 Å². The minimum atomic E-state index is -3.63. The van der Waals surface area contributed by atoms with Crippen LogP contribution < -0.4 is 9.62 Å². The lowest BCUT2D eigenvalue weighted by Gasteiger charge is -2.28. The monoisotopic (exact) mass is 394 g/mol. The van der Waals surface area contributed by atoms with Crippen LogP contribution in [0, 0.1) is 0 Å². The summed E-state index contributed by atoms with van der Waals surface area (Å²) in [6.07, 6.45) is 3.13. The van der Waals surface area contributed by atoms with Crippen molar-refractivity contribution in [3.63, 3.8) is 0 Å². The van der Waals surface area contributed by atoms with Gasteiger partial charge in [-0.1, -0.05) is 42.5 Å². The zero-order valence-corrected chi connectivity index (χ0v) is 16.7. The van der Waals surface area contributed by atoms with Crippen molar-refractivity contribution in [3.05, 3.63) is 71.8 Å². The molecule has 0 aliphatic heterocycles. The molecule has 3 aromatic carbocycles. The van der Waals surface area contributed by atoms with Crippen LogP contribution in [0.15, 0.2) is 60.7 Å². The van der Waals surface area contributed by atoms with Gasteiger partial charge in [0.05, 0.1) is 11.9 Å². The van der Waals surface area contributed by atoms with Crippen LogP contribution in [0.2, 0.25) is 0 Å². The van der Waals surface area contributed by atoms with Crippen LogP contribution in [-0.4, -0.2) is 26.6 Å². The lowest BCUT2D eigenvalue weighted by Crippen LogP contribution is -2.45. The van der Waals surface area contributed by atoms with E-state index in [1.165, 1.54) is 16.5 Å². The molecule has 0 fully saturated rings. The summed E-state index contributed by atoms with van der Waals surface area (Å²) in [4.78, 5) is 13.0. The van der Waals surface area contributed by atoms with Gasteiger partial charge in [0.25, 0.3) is 0 Å². The van der Waals surface area contributed by atoms with Gasteiger partial charge in [-0.15, -0.1) is 0 Å². The number of nitrogens with zero attached hydrogens (tertiary/aromatic N) is 1. The molecule has 1 N–H and O–H groups in total. The number of benzene rings is 3. The maximum absolute atomic E-state index is 13.0. The van der Waals surface area contributed by atoms with E-state index in [0.717, 1.165) is 28.8 Å². The number of nitrogens with one attached hydrogen (secondary N) is 1. The Morgan fingerprint density at radius 2 is 1.64 bits per heavy atom. The number of para-hydroxylation sites is 1. The standard InChI is InChI=1S/C22H22N2O3S/c1-15(24(28(2,26)27)18-8-4-3-5-9-18)22(25)23-20-14-13-17-12-11-16-7-6-10-19(20)21(16)17/h3-10,13-15H,11-12H2,1-2H3,(H,23,25)/t15-/m1/s1. The molecule has 28 heavy (non-hydrogen) atoms. The molecule has 1 aliphatic carbocycles. The Balaban J connectivity index is 1.68. The van der Waals surface area contributed by atoms with E-state index in [2.05, 4.69) is 11.4 Å². The van der Waals surface area contributed by atoms with Crippen molar-refractivity contribution < 1.29 is 13.2 Å². The maximum Gasteiger partial charge on any atom is 0.248 e. The second-order valence-electron chi connectivity index (χ2n) is 7.17. The van der Waals surface area contributed by atoms with Gasteiger partial charge in [-0.05, 0) is 54.5 Å². The molecule has 0 heterocycles. The highest BCUT2D eigenvalue weighted by Gasteiger charge is 2.29. The number of amides is 1. The van der Waals surface area contributed by atoms with Crippen molar-refractivity contribution in [2.75, 3.05) is 15.9 Å². The molecule has 6 heteroatoms. The first-order valence-electron chi connectivity index (χ1n) is 9.25. The Morgan fingerprint density at radius 1 is 0.964 bits per heavy atom. The van der Waals surface area contributed by atoms with Crippen molar-refractivity contribution in [3.8, 4) is 0 Å². The fraction of sp³-hybridized carbons (Fsp3) is 0.227. The third-order valence-corrected chi connectivity index (χ3v) is 6.48. The van der Waals surface area contributed by atoms with Crippen LogP contribution in [0.4, 0.5) is 11.4 Å². The van der Waals surface area contributed by atoms with E-state index in [1.807, 2.05) is 24.3 Å². The number of aryl methyl sites for hydroxylation is 2. The molecule has 3 aromatic rings. The van der Waals surface area contributed by atoms with Crippen LogP contribution in [0.25, 0.3) is 10.8 Å². The minimum Gasteiger partial charge on any atom is -0.324 e. The molecule has 0 unspecified atom stereocenters. The zero-order chi connectivity index (χ0) is 19.9. The number of carbonyl (C=O) groups is 1. The molecular formula is C22H22N2O3S.